The highest BCUT2D eigenvalue weighted by atomic mass is 32.2. The Balaban J connectivity index is 1.43. The normalized spacial score (nSPS) is 16.5. The molecule has 31 heavy (non-hydrogen) atoms. The lowest BCUT2D eigenvalue weighted by molar-refractivity contribution is -0.119. The molecular weight excluding hydrogens is 416 g/mol. The van der Waals surface area contributed by atoms with Crippen molar-refractivity contribution in [3.05, 3.63) is 48.0 Å². The first-order valence-corrected chi connectivity index (χ1v) is 12.0. The van der Waals surface area contributed by atoms with Gasteiger partial charge in [-0.2, -0.15) is 0 Å². The summed E-state index contributed by atoms with van der Waals surface area (Å²) < 4.78 is 31.2. The first kappa shape index (κ1) is 21.4. The smallest absolute Gasteiger partial charge is 0.230 e. The van der Waals surface area contributed by atoms with Gasteiger partial charge in [0, 0.05) is 30.3 Å². The van der Waals surface area contributed by atoms with Crippen LogP contribution in [-0.4, -0.2) is 39.1 Å². The molecule has 0 bridgehead atoms. The van der Waals surface area contributed by atoms with Crippen molar-refractivity contribution in [2.75, 3.05) is 23.9 Å². The molecule has 2 aliphatic rings. The third-order valence-electron chi connectivity index (χ3n) is 5.84. The number of ether oxygens (including phenoxy) is 1. The number of hydrogen-bond acceptors (Lipinski definition) is 5. The maximum Gasteiger partial charge on any atom is 0.230 e. The molecule has 0 aromatic heterocycles. The second-order valence-corrected chi connectivity index (χ2v) is 10.5. The zero-order valence-electron chi connectivity index (χ0n) is 17.6. The number of amides is 2. The Bertz CT molecular complexity index is 1110. The predicted octanol–water partition coefficient (Wildman–Crippen LogP) is 3.19. The number of nitrogens with one attached hydrogen (secondary N) is 1. The first-order chi connectivity index (χ1) is 14.8. The van der Waals surface area contributed by atoms with Gasteiger partial charge >= 0.3 is 0 Å². The van der Waals surface area contributed by atoms with Crippen molar-refractivity contribution in [2.24, 2.45) is 5.92 Å². The zero-order valence-corrected chi connectivity index (χ0v) is 18.4. The highest BCUT2D eigenvalue weighted by molar-refractivity contribution is 7.92. The number of carbonyl (C=O) groups excluding carboxylic acids is 2. The molecule has 1 N–H and O–H groups in total. The van der Waals surface area contributed by atoms with Gasteiger partial charge in [-0.25, -0.2) is 8.42 Å². The van der Waals surface area contributed by atoms with E-state index in [2.05, 4.69) is 5.32 Å². The molecule has 1 fully saturated rings. The number of anilines is 2. The van der Waals surface area contributed by atoms with E-state index in [0.29, 0.717) is 24.4 Å². The molecule has 7 nitrogen and oxygen atoms in total. The molecule has 1 aliphatic carbocycles. The van der Waals surface area contributed by atoms with Gasteiger partial charge in [0.15, 0.2) is 9.84 Å². The molecule has 1 atom stereocenters. The van der Waals surface area contributed by atoms with Crippen molar-refractivity contribution in [1.29, 1.82) is 0 Å². The van der Waals surface area contributed by atoms with E-state index in [4.69, 9.17) is 4.74 Å². The Morgan fingerprint density at radius 2 is 1.87 bits per heavy atom. The maximum absolute atomic E-state index is 13.1. The Morgan fingerprint density at radius 3 is 2.52 bits per heavy atom. The summed E-state index contributed by atoms with van der Waals surface area (Å²) in [5, 5.41) is 1.84. The van der Waals surface area contributed by atoms with Crippen LogP contribution in [0.2, 0.25) is 0 Å². The van der Waals surface area contributed by atoms with Gasteiger partial charge in [0.1, 0.15) is 5.75 Å². The minimum atomic E-state index is -3.68. The first-order valence-electron chi connectivity index (χ1n) is 10.4. The summed E-state index contributed by atoms with van der Waals surface area (Å²) in [4.78, 5) is 26.8. The fraction of sp³-hybridized carbons (Fsp3) is 0.391. The zero-order chi connectivity index (χ0) is 22.2. The summed E-state index contributed by atoms with van der Waals surface area (Å²) in [5.41, 5.74) is 2.25. The fourth-order valence-corrected chi connectivity index (χ4v) is 5.22. The minimum Gasteiger partial charge on any atom is -0.497 e. The van der Waals surface area contributed by atoms with Crippen molar-refractivity contribution < 1.29 is 22.7 Å². The van der Waals surface area contributed by atoms with Crippen LogP contribution in [0, 0.1) is 5.92 Å². The van der Waals surface area contributed by atoms with Crippen LogP contribution in [-0.2, 0) is 25.8 Å². The van der Waals surface area contributed by atoms with E-state index < -0.39 is 15.1 Å². The maximum atomic E-state index is 13.1. The molecule has 1 saturated carbocycles. The fourth-order valence-electron chi connectivity index (χ4n) is 3.82. The van der Waals surface area contributed by atoms with Crippen LogP contribution in [0.5, 0.6) is 5.75 Å². The molecule has 0 spiro atoms. The van der Waals surface area contributed by atoms with E-state index in [-0.39, 0.29) is 29.0 Å². The molecule has 4 rings (SSSR count). The van der Waals surface area contributed by atoms with Crippen molar-refractivity contribution in [1.82, 2.24) is 0 Å². The Morgan fingerprint density at radius 1 is 1.16 bits per heavy atom. The molecule has 1 heterocycles. The van der Waals surface area contributed by atoms with Gasteiger partial charge in [-0.3, -0.25) is 9.59 Å². The van der Waals surface area contributed by atoms with Gasteiger partial charge in [0.25, 0.3) is 0 Å². The van der Waals surface area contributed by atoms with Gasteiger partial charge in [0.05, 0.1) is 17.3 Å². The number of hydrogen-bond donors (Lipinski definition) is 1. The third-order valence-corrected chi connectivity index (χ3v) is 7.98. The van der Waals surface area contributed by atoms with Gasteiger partial charge < -0.3 is 15.0 Å². The van der Waals surface area contributed by atoms with Crippen molar-refractivity contribution >= 4 is 33.0 Å². The summed E-state index contributed by atoms with van der Waals surface area (Å²) in [6, 6.07) is 11.8. The lowest BCUT2D eigenvalue weighted by Gasteiger charge is -2.18. The van der Waals surface area contributed by atoms with Gasteiger partial charge in [0.2, 0.25) is 11.8 Å². The van der Waals surface area contributed by atoms with Gasteiger partial charge in [-0.05, 0) is 74.2 Å². The minimum absolute atomic E-state index is 0.124. The van der Waals surface area contributed by atoms with E-state index >= 15 is 0 Å². The number of methoxy groups -OCH3 is 1. The van der Waals surface area contributed by atoms with Crippen LogP contribution in [0.4, 0.5) is 11.4 Å². The van der Waals surface area contributed by atoms with E-state index in [9.17, 15) is 18.0 Å². The molecule has 2 aromatic rings. The quantitative estimate of drug-likeness (QED) is 0.711. The molecule has 0 saturated heterocycles. The highest BCUT2D eigenvalue weighted by Crippen LogP contribution is 2.37. The number of benzene rings is 2. The second kappa shape index (κ2) is 8.34. The second-order valence-electron chi connectivity index (χ2n) is 8.14. The average Bonchev–Trinajstić information content (AvgIpc) is 3.52. The standard InChI is InChI=1S/C23H26N2O5S/c1-15(13-22(26)24-18-5-7-19(30-2)8-6-18)31(28,29)20-9-10-21-17(14-20)11-12-25(21)23(27)16-3-4-16/h5-10,14-16H,3-4,11-13H2,1-2H3,(H,24,26)/t15-/m1/s1. The van der Waals surface area contributed by atoms with E-state index in [0.717, 1.165) is 24.1 Å². The highest BCUT2D eigenvalue weighted by Gasteiger charge is 2.37. The number of fused-ring (bicyclic) bond motifs is 1. The van der Waals surface area contributed by atoms with Crippen LogP contribution in [0.3, 0.4) is 0 Å². The molecule has 1 aliphatic heterocycles. The SMILES string of the molecule is COc1ccc(NC(=O)C[C@@H](C)S(=O)(=O)c2ccc3c(c2)CCN3C(=O)C2CC2)cc1. The summed E-state index contributed by atoms with van der Waals surface area (Å²) in [7, 11) is -2.13. The molecule has 0 radical (unpaired) electrons. The van der Waals surface area contributed by atoms with Crippen molar-refractivity contribution in [3.8, 4) is 5.75 Å². The monoisotopic (exact) mass is 442 g/mol. The van der Waals surface area contributed by atoms with E-state index in [1.165, 1.54) is 0 Å². The van der Waals surface area contributed by atoms with Gasteiger partial charge in [-0.15, -0.1) is 0 Å². The van der Waals surface area contributed by atoms with Crippen molar-refractivity contribution in [2.45, 2.75) is 42.8 Å². The van der Waals surface area contributed by atoms with Crippen molar-refractivity contribution in [3.63, 3.8) is 0 Å². The van der Waals surface area contributed by atoms with Crippen LogP contribution >= 0.6 is 0 Å². The predicted molar refractivity (Wildman–Crippen MR) is 118 cm³/mol. The Kier molecular flexibility index (Phi) is 5.75. The number of sulfone groups is 1. The van der Waals surface area contributed by atoms with Crippen LogP contribution in [0.25, 0.3) is 0 Å². The third kappa shape index (κ3) is 4.44. The summed E-state index contributed by atoms with van der Waals surface area (Å²) in [6.45, 7) is 2.13. The summed E-state index contributed by atoms with van der Waals surface area (Å²) >= 11 is 0. The number of rotatable bonds is 7. The van der Waals surface area contributed by atoms with Crippen LogP contribution in [0.1, 0.15) is 31.7 Å². The lowest BCUT2D eigenvalue weighted by atomic mass is 10.2. The van der Waals surface area contributed by atoms with Crippen LogP contribution in [0.15, 0.2) is 47.4 Å². The molecule has 164 valence electrons. The van der Waals surface area contributed by atoms with E-state index in [1.54, 1.807) is 61.4 Å². The molecular formula is C23H26N2O5S. The Labute approximate surface area is 182 Å². The molecule has 0 unspecified atom stereocenters. The molecule has 2 amide bonds. The average molecular weight is 443 g/mol. The molecule has 8 heteroatoms. The number of carbonyl (C=O) groups is 2. The summed E-state index contributed by atoms with van der Waals surface area (Å²) in [5.74, 6) is 0.558. The topological polar surface area (TPSA) is 92.8 Å². The van der Waals surface area contributed by atoms with Gasteiger partial charge in [-0.1, -0.05) is 0 Å². The van der Waals surface area contributed by atoms with E-state index in [1.807, 2.05) is 0 Å². The molecule has 2 aromatic carbocycles. The largest absolute Gasteiger partial charge is 0.497 e. The van der Waals surface area contributed by atoms with Crippen LogP contribution < -0.4 is 15.0 Å². The summed E-state index contributed by atoms with van der Waals surface area (Å²) in [6.07, 6.45) is 2.36. The lowest BCUT2D eigenvalue weighted by Crippen LogP contribution is -2.30. The number of nitrogens with zero attached hydrogens (tertiary/aromatic N) is 1. The Hall–Kier alpha value is -2.87.